The Bertz CT molecular complexity index is 309. The van der Waals surface area contributed by atoms with Crippen LogP contribution in [0.2, 0.25) is 0 Å². The highest BCUT2D eigenvalue weighted by Crippen LogP contribution is 2.57. The van der Waals surface area contributed by atoms with Crippen molar-refractivity contribution >= 4 is 13.1 Å². The van der Waals surface area contributed by atoms with Crippen LogP contribution >= 0.6 is 7.60 Å². The monoisotopic (exact) mass is 234 g/mol. The molecular weight excluding hydrogens is 215 g/mol. The molecule has 0 radical (unpaired) electrons. The third kappa shape index (κ3) is 2.49. The van der Waals surface area contributed by atoms with Crippen LogP contribution in [0.3, 0.4) is 0 Å². The standard InChI is InChI=1S/C10H19O4P/c1-7(2)9-10(4,5)6-13-15(12,14-9)8(3)11/h7,9H,6H2,1-5H3. The van der Waals surface area contributed by atoms with E-state index in [9.17, 15) is 9.36 Å². The molecule has 1 saturated heterocycles. The Labute approximate surface area is 90.9 Å². The van der Waals surface area contributed by atoms with Crippen LogP contribution < -0.4 is 0 Å². The molecule has 0 saturated carbocycles. The highest BCUT2D eigenvalue weighted by atomic mass is 31.2. The van der Waals surface area contributed by atoms with Gasteiger partial charge in [-0.05, 0) is 5.92 Å². The van der Waals surface area contributed by atoms with E-state index in [-0.39, 0.29) is 17.4 Å². The van der Waals surface area contributed by atoms with Crippen molar-refractivity contribution in [3.05, 3.63) is 0 Å². The van der Waals surface area contributed by atoms with Gasteiger partial charge in [0.25, 0.3) is 0 Å². The summed E-state index contributed by atoms with van der Waals surface area (Å²) in [7, 11) is -3.51. The predicted molar refractivity (Wildman–Crippen MR) is 57.7 cm³/mol. The van der Waals surface area contributed by atoms with Crippen molar-refractivity contribution < 1.29 is 18.4 Å². The summed E-state index contributed by atoms with van der Waals surface area (Å²) in [6.07, 6.45) is -0.207. The molecule has 15 heavy (non-hydrogen) atoms. The molecule has 0 aromatic carbocycles. The molecule has 88 valence electrons. The van der Waals surface area contributed by atoms with Gasteiger partial charge in [0, 0.05) is 12.3 Å². The van der Waals surface area contributed by atoms with Gasteiger partial charge >= 0.3 is 7.60 Å². The largest absolute Gasteiger partial charge is 0.396 e. The minimum Gasteiger partial charge on any atom is -0.303 e. The van der Waals surface area contributed by atoms with E-state index in [1.54, 1.807) is 0 Å². The van der Waals surface area contributed by atoms with E-state index >= 15 is 0 Å². The molecule has 1 aliphatic rings. The molecule has 2 atom stereocenters. The zero-order valence-electron chi connectivity index (χ0n) is 9.94. The van der Waals surface area contributed by atoms with Crippen LogP contribution in [0.4, 0.5) is 0 Å². The van der Waals surface area contributed by atoms with Crippen molar-refractivity contribution in [3.8, 4) is 0 Å². The van der Waals surface area contributed by atoms with Gasteiger partial charge in [-0.1, -0.05) is 27.7 Å². The molecule has 1 heterocycles. The molecule has 4 nitrogen and oxygen atoms in total. The number of hydrogen-bond donors (Lipinski definition) is 0. The van der Waals surface area contributed by atoms with Crippen molar-refractivity contribution in [2.24, 2.45) is 11.3 Å². The molecule has 1 fully saturated rings. The molecule has 0 N–H and O–H groups in total. The number of hydrogen-bond acceptors (Lipinski definition) is 4. The molecule has 1 aliphatic heterocycles. The second kappa shape index (κ2) is 4.00. The second-order valence-electron chi connectivity index (χ2n) is 5.05. The van der Waals surface area contributed by atoms with Crippen molar-refractivity contribution in [2.45, 2.75) is 40.7 Å². The van der Waals surface area contributed by atoms with Gasteiger partial charge in [-0.2, -0.15) is 0 Å². The van der Waals surface area contributed by atoms with E-state index in [1.165, 1.54) is 6.92 Å². The maximum atomic E-state index is 11.9. The maximum Gasteiger partial charge on any atom is 0.396 e. The molecule has 2 unspecified atom stereocenters. The summed E-state index contributed by atoms with van der Waals surface area (Å²) < 4.78 is 22.4. The van der Waals surface area contributed by atoms with Crippen LogP contribution in [-0.2, 0) is 18.4 Å². The Morgan fingerprint density at radius 3 is 2.40 bits per heavy atom. The van der Waals surface area contributed by atoms with E-state index in [2.05, 4.69) is 0 Å². The summed E-state index contributed by atoms with van der Waals surface area (Å²) in [4.78, 5) is 11.2. The summed E-state index contributed by atoms with van der Waals surface area (Å²) in [5.74, 6) is 0.205. The van der Waals surface area contributed by atoms with Crippen LogP contribution in [0.15, 0.2) is 0 Å². The lowest BCUT2D eigenvalue weighted by Crippen LogP contribution is -2.43. The Kier molecular flexibility index (Phi) is 3.44. The highest BCUT2D eigenvalue weighted by Gasteiger charge is 2.47. The Morgan fingerprint density at radius 2 is 2.00 bits per heavy atom. The van der Waals surface area contributed by atoms with Gasteiger partial charge < -0.3 is 4.52 Å². The van der Waals surface area contributed by atoms with Crippen molar-refractivity contribution in [3.63, 3.8) is 0 Å². The van der Waals surface area contributed by atoms with E-state index in [0.29, 0.717) is 6.61 Å². The van der Waals surface area contributed by atoms with Gasteiger partial charge in [0.1, 0.15) is 0 Å². The zero-order chi connectivity index (χ0) is 11.9. The average Bonchev–Trinajstić information content (AvgIpc) is 2.09. The normalized spacial score (nSPS) is 35.5. The van der Waals surface area contributed by atoms with E-state index in [4.69, 9.17) is 9.05 Å². The molecule has 5 heteroatoms. The highest BCUT2D eigenvalue weighted by molar-refractivity contribution is 7.71. The van der Waals surface area contributed by atoms with Gasteiger partial charge in [0.05, 0.1) is 12.7 Å². The third-order valence-corrected chi connectivity index (χ3v) is 4.37. The smallest absolute Gasteiger partial charge is 0.303 e. The first kappa shape index (κ1) is 12.9. The SMILES string of the molecule is CC(=O)P1(=O)OCC(C)(C)C(C(C)C)O1. The summed E-state index contributed by atoms with van der Waals surface area (Å²) in [6, 6.07) is 0. The van der Waals surface area contributed by atoms with E-state index in [1.807, 2.05) is 27.7 Å². The van der Waals surface area contributed by atoms with Crippen LogP contribution in [0.5, 0.6) is 0 Å². The molecule has 0 spiro atoms. The molecule has 0 aromatic rings. The van der Waals surface area contributed by atoms with Crippen LogP contribution in [-0.4, -0.2) is 18.2 Å². The van der Waals surface area contributed by atoms with Gasteiger partial charge in [0.15, 0.2) is 0 Å². The number of carbonyl (C=O) groups excluding carboxylic acids is 1. The quantitative estimate of drug-likeness (QED) is 0.689. The van der Waals surface area contributed by atoms with Gasteiger partial charge in [0.2, 0.25) is 5.52 Å². The fraction of sp³-hybridized carbons (Fsp3) is 0.900. The van der Waals surface area contributed by atoms with Crippen LogP contribution in [0.1, 0.15) is 34.6 Å². The zero-order valence-corrected chi connectivity index (χ0v) is 10.8. The lowest BCUT2D eigenvalue weighted by molar-refractivity contribution is -0.116. The summed E-state index contributed by atoms with van der Waals surface area (Å²) in [5.41, 5.74) is -0.721. The van der Waals surface area contributed by atoms with E-state index < -0.39 is 13.1 Å². The van der Waals surface area contributed by atoms with Crippen molar-refractivity contribution in [1.29, 1.82) is 0 Å². The molecule has 0 aromatic heterocycles. The molecule has 0 bridgehead atoms. The second-order valence-corrected chi connectivity index (χ2v) is 7.14. The van der Waals surface area contributed by atoms with Gasteiger partial charge in [-0.25, -0.2) is 0 Å². The average molecular weight is 234 g/mol. The Morgan fingerprint density at radius 1 is 1.47 bits per heavy atom. The molecule has 0 aliphatic carbocycles. The lowest BCUT2D eigenvalue weighted by Gasteiger charge is -2.42. The molecular formula is C10H19O4P. The molecule has 0 amide bonds. The fourth-order valence-electron chi connectivity index (χ4n) is 1.85. The first-order valence-corrected chi connectivity index (χ1v) is 6.67. The first-order valence-electron chi connectivity index (χ1n) is 5.13. The topological polar surface area (TPSA) is 52.6 Å². The van der Waals surface area contributed by atoms with E-state index in [0.717, 1.165) is 0 Å². The lowest BCUT2D eigenvalue weighted by atomic mass is 9.81. The van der Waals surface area contributed by atoms with Gasteiger partial charge in [-0.15, -0.1) is 0 Å². The minimum absolute atomic E-state index is 0.205. The summed E-state index contributed by atoms with van der Waals surface area (Å²) >= 11 is 0. The Hall–Kier alpha value is -0.180. The Balaban J connectivity index is 2.94. The summed E-state index contributed by atoms with van der Waals surface area (Å²) in [5, 5.41) is 0. The summed E-state index contributed by atoms with van der Waals surface area (Å²) in [6.45, 7) is 9.50. The number of rotatable bonds is 2. The predicted octanol–water partition coefficient (Wildman–Crippen LogP) is 2.82. The minimum atomic E-state index is -3.51. The molecule has 1 rings (SSSR count). The van der Waals surface area contributed by atoms with Gasteiger partial charge in [-0.3, -0.25) is 13.9 Å². The fourth-order valence-corrected chi connectivity index (χ4v) is 3.57. The van der Waals surface area contributed by atoms with Crippen LogP contribution in [0.25, 0.3) is 0 Å². The third-order valence-electron chi connectivity index (χ3n) is 2.62. The maximum absolute atomic E-state index is 11.9. The van der Waals surface area contributed by atoms with Crippen molar-refractivity contribution in [2.75, 3.05) is 6.61 Å². The first-order chi connectivity index (χ1) is 6.69. The number of carbonyl (C=O) groups is 1. The van der Waals surface area contributed by atoms with Crippen molar-refractivity contribution in [1.82, 2.24) is 0 Å². The van der Waals surface area contributed by atoms with Crippen LogP contribution in [0, 0.1) is 11.3 Å².